The van der Waals surface area contributed by atoms with Gasteiger partial charge in [-0.2, -0.15) is 10.2 Å². The van der Waals surface area contributed by atoms with Crippen LogP contribution in [0.1, 0.15) is 40.6 Å². The van der Waals surface area contributed by atoms with Gasteiger partial charge in [-0.1, -0.05) is 0 Å². The van der Waals surface area contributed by atoms with Crippen LogP contribution in [0, 0.1) is 6.92 Å². The lowest BCUT2D eigenvalue weighted by molar-refractivity contribution is 0.0729. The van der Waals surface area contributed by atoms with Crippen LogP contribution in [0.25, 0.3) is 11.3 Å². The van der Waals surface area contributed by atoms with Crippen LogP contribution in [-0.2, 0) is 7.05 Å². The number of hydrogen-bond donors (Lipinski definition) is 1. The lowest BCUT2D eigenvalue weighted by atomic mass is 10.1. The number of amides is 1. The summed E-state index contributed by atoms with van der Waals surface area (Å²) in [7, 11) is 1.93. The largest absolute Gasteiger partial charge is 0.486 e. The molecule has 1 N–H and O–H groups in total. The van der Waals surface area contributed by atoms with Crippen molar-refractivity contribution in [2.24, 2.45) is 7.05 Å². The van der Waals surface area contributed by atoms with Gasteiger partial charge in [0.25, 0.3) is 5.91 Å². The number of hydrogen-bond acceptors (Lipinski definition) is 5. The van der Waals surface area contributed by atoms with Crippen LogP contribution in [0.2, 0.25) is 0 Å². The number of likely N-dealkylation sites (tertiary alicyclic amines) is 1. The summed E-state index contributed by atoms with van der Waals surface area (Å²) in [6.45, 7) is 3.86. The SMILES string of the molecule is Cc1c(C2CCCN2C(=O)c2cc(-c3ccc4c(c3)OCCO4)n[nH]2)cnn1C. The Kier molecular flexibility index (Phi) is 4.26. The molecule has 2 aromatic heterocycles. The Labute approximate surface area is 168 Å². The number of rotatable bonds is 3. The number of H-pyrrole nitrogens is 1. The van der Waals surface area contributed by atoms with Crippen molar-refractivity contribution in [1.29, 1.82) is 0 Å². The first-order valence-corrected chi connectivity index (χ1v) is 9.86. The lowest BCUT2D eigenvalue weighted by Crippen LogP contribution is -2.31. The van der Waals surface area contributed by atoms with Crippen LogP contribution in [0.5, 0.6) is 11.5 Å². The van der Waals surface area contributed by atoms with Crippen LogP contribution < -0.4 is 9.47 Å². The average Bonchev–Trinajstić information content (AvgIpc) is 3.48. The van der Waals surface area contributed by atoms with E-state index in [0.717, 1.165) is 42.0 Å². The summed E-state index contributed by atoms with van der Waals surface area (Å²) in [4.78, 5) is 15.1. The molecule has 1 aromatic carbocycles. The Morgan fingerprint density at radius 2 is 2.03 bits per heavy atom. The van der Waals surface area contributed by atoms with E-state index < -0.39 is 0 Å². The highest BCUT2D eigenvalue weighted by atomic mass is 16.6. The maximum atomic E-state index is 13.2. The van der Waals surface area contributed by atoms with Gasteiger partial charge in [-0.3, -0.25) is 14.6 Å². The minimum absolute atomic E-state index is 0.0351. The molecule has 29 heavy (non-hydrogen) atoms. The maximum absolute atomic E-state index is 13.2. The Balaban J connectivity index is 1.40. The normalized spacial score (nSPS) is 18.3. The Hall–Kier alpha value is -3.29. The number of aromatic amines is 1. The molecule has 2 aliphatic rings. The van der Waals surface area contributed by atoms with Crippen molar-refractivity contribution in [2.45, 2.75) is 25.8 Å². The van der Waals surface area contributed by atoms with Gasteiger partial charge in [-0.05, 0) is 44.0 Å². The van der Waals surface area contributed by atoms with Crippen LogP contribution >= 0.6 is 0 Å². The van der Waals surface area contributed by atoms with Crippen molar-refractivity contribution in [3.05, 3.63) is 47.4 Å². The van der Waals surface area contributed by atoms with Gasteiger partial charge in [0.2, 0.25) is 0 Å². The molecular weight excluding hydrogens is 370 g/mol. The van der Waals surface area contributed by atoms with Gasteiger partial charge >= 0.3 is 0 Å². The topological polar surface area (TPSA) is 85.3 Å². The third kappa shape index (κ3) is 3.04. The molecule has 0 spiro atoms. The Morgan fingerprint density at radius 3 is 2.83 bits per heavy atom. The van der Waals surface area contributed by atoms with E-state index >= 15 is 0 Å². The molecule has 2 aliphatic heterocycles. The Morgan fingerprint density at radius 1 is 1.21 bits per heavy atom. The second-order valence-electron chi connectivity index (χ2n) is 7.49. The number of fused-ring (bicyclic) bond motifs is 1. The molecule has 4 heterocycles. The van der Waals surface area contributed by atoms with Crippen LogP contribution in [-0.4, -0.2) is 50.5 Å². The third-order valence-corrected chi connectivity index (χ3v) is 5.79. The highest BCUT2D eigenvalue weighted by Crippen LogP contribution is 2.36. The van der Waals surface area contributed by atoms with Gasteiger partial charge in [-0.25, -0.2) is 0 Å². The fraction of sp³-hybridized carbons (Fsp3) is 0.381. The molecule has 0 aliphatic carbocycles. The molecule has 0 radical (unpaired) electrons. The summed E-state index contributed by atoms with van der Waals surface area (Å²) in [5.74, 6) is 1.40. The van der Waals surface area contributed by atoms with E-state index in [0.29, 0.717) is 30.4 Å². The summed E-state index contributed by atoms with van der Waals surface area (Å²) >= 11 is 0. The van der Waals surface area contributed by atoms with E-state index in [1.807, 2.05) is 47.9 Å². The molecule has 150 valence electrons. The molecule has 1 atom stereocenters. The molecule has 1 fully saturated rings. The predicted molar refractivity (Wildman–Crippen MR) is 106 cm³/mol. The summed E-state index contributed by atoms with van der Waals surface area (Å²) in [5.41, 5.74) is 4.29. The number of aryl methyl sites for hydroxylation is 1. The minimum atomic E-state index is -0.0351. The lowest BCUT2D eigenvalue weighted by Gasteiger charge is -2.24. The highest BCUT2D eigenvalue weighted by Gasteiger charge is 2.33. The number of nitrogens with one attached hydrogen (secondary N) is 1. The zero-order valence-electron chi connectivity index (χ0n) is 16.5. The number of benzene rings is 1. The van der Waals surface area contributed by atoms with E-state index in [9.17, 15) is 4.79 Å². The second kappa shape index (κ2) is 6.95. The number of nitrogens with zero attached hydrogens (tertiary/aromatic N) is 4. The summed E-state index contributed by atoms with van der Waals surface area (Å²) < 4.78 is 13.1. The van der Waals surface area contributed by atoms with Crippen molar-refractivity contribution < 1.29 is 14.3 Å². The zero-order chi connectivity index (χ0) is 20.0. The first-order valence-electron chi connectivity index (χ1n) is 9.86. The van der Waals surface area contributed by atoms with Crippen LogP contribution in [0.4, 0.5) is 0 Å². The van der Waals surface area contributed by atoms with Crippen molar-refractivity contribution >= 4 is 5.91 Å². The van der Waals surface area contributed by atoms with Crippen molar-refractivity contribution in [1.82, 2.24) is 24.9 Å². The molecule has 8 nitrogen and oxygen atoms in total. The van der Waals surface area contributed by atoms with Gasteiger partial charge in [0.15, 0.2) is 11.5 Å². The van der Waals surface area contributed by atoms with Gasteiger partial charge in [-0.15, -0.1) is 0 Å². The van der Waals surface area contributed by atoms with Gasteiger partial charge in [0.05, 0.1) is 17.9 Å². The van der Waals surface area contributed by atoms with Crippen molar-refractivity contribution in [3.63, 3.8) is 0 Å². The number of aromatic nitrogens is 4. The number of carbonyl (C=O) groups is 1. The van der Waals surface area contributed by atoms with Crippen molar-refractivity contribution in [2.75, 3.05) is 19.8 Å². The molecule has 3 aromatic rings. The summed E-state index contributed by atoms with van der Waals surface area (Å²) in [6.07, 6.45) is 3.80. The molecule has 0 saturated carbocycles. The molecule has 1 amide bonds. The predicted octanol–water partition coefficient (Wildman–Crippen LogP) is 2.87. The Bertz CT molecular complexity index is 1070. The molecule has 1 saturated heterocycles. The zero-order valence-corrected chi connectivity index (χ0v) is 16.5. The van der Waals surface area contributed by atoms with E-state index in [1.165, 1.54) is 0 Å². The van der Waals surface area contributed by atoms with Gasteiger partial charge in [0.1, 0.15) is 18.9 Å². The number of carbonyl (C=O) groups excluding carboxylic acids is 1. The summed E-state index contributed by atoms with van der Waals surface area (Å²) in [5, 5.41) is 11.6. The first kappa shape index (κ1) is 17.8. The van der Waals surface area contributed by atoms with Gasteiger partial charge < -0.3 is 14.4 Å². The van der Waals surface area contributed by atoms with E-state index in [-0.39, 0.29) is 11.9 Å². The van der Waals surface area contributed by atoms with Crippen molar-refractivity contribution in [3.8, 4) is 22.8 Å². The van der Waals surface area contributed by atoms with Gasteiger partial charge in [0, 0.05) is 30.4 Å². The molecule has 8 heteroatoms. The minimum Gasteiger partial charge on any atom is -0.486 e. The van der Waals surface area contributed by atoms with E-state index in [4.69, 9.17) is 9.47 Å². The molecule has 0 bridgehead atoms. The molecule has 1 unspecified atom stereocenters. The van der Waals surface area contributed by atoms with E-state index in [2.05, 4.69) is 15.3 Å². The first-order chi connectivity index (χ1) is 14.1. The summed E-state index contributed by atoms with van der Waals surface area (Å²) in [6, 6.07) is 7.56. The second-order valence-corrected chi connectivity index (χ2v) is 7.49. The molecular formula is C21H23N5O3. The number of ether oxygens (including phenoxy) is 2. The third-order valence-electron chi connectivity index (χ3n) is 5.79. The van der Waals surface area contributed by atoms with Crippen LogP contribution in [0.15, 0.2) is 30.5 Å². The average molecular weight is 393 g/mol. The molecule has 5 rings (SSSR count). The quantitative estimate of drug-likeness (QED) is 0.740. The smallest absolute Gasteiger partial charge is 0.272 e. The monoisotopic (exact) mass is 393 g/mol. The van der Waals surface area contributed by atoms with E-state index in [1.54, 1.807) is 6.07 Å². The highest BCUT2D eigenvalue weighted by molar-refractivity contribution is 5.94. The van der Waals surface area contributed by atoms with Crippen LogP contribution in [0.3, 0.4) is 0 Å². The maximum Gasteiger partial charge on any atom is 0.272 e. The fourth-order valence-electron chi connectivity index (χ4n) is 4.11. The fourth-order valence-corrected chi connectivity index (χ4v) is 4.11. The standard InChI is InChI=1S/C21H23N5O3/c1-13-15(12-22-25(13)2)18-4-3-7-26(18)21(27)17-11-16(23-24-17)14-5-6-19-20(10-14)29-9-8-28-19/h5-6,10-12,18H,3-4,7-9H2,1-2H3,(H,23,24).